The van der Waals surface area contributed by atoms with Gasteiger partial charge in [-0.1, -0.05) is 31.2 Å². The van der Waals surface area contributed by atoms with E-state index in [1.165, 1.54) is 5.56 Å². The Bertz CT molecular complexity index is 709. The van der Waals surface area contributed by atoms with Crippen molar-refractivity contribution in [3.8, 4) is 11.5 Å². The molecule has 0 saturated carbocycles. The van der Waals surface area contributed by atoms with Crippen molar-refractivity contribution in [2.75, 3.05) is 13.7 Å². The predicted octanol–water partition coefficient (Wildman–Crippen LogP) is 3.18. The van der Waals surface area contributed by atoms with E-state index in [-0.39, 0.29) is 12.5 Å². The van der Waals surface area contributed by atoms with Crippen LogP contribution in [0.25, 0.3) is 0 Å². The summed E-state index contributed by atoms with van der Waals surface area (Å²) in [6, 6.07) is 15.2. The van der Waals surface area contributed by atoms with Gasteiger partial charge in [-0.15, -0.1) is 0 Å². The van der Waals surface area contributed by atoms with E-state index in [0.717, 1.165) is 17.7 Å². The summed E-state index contributed by atoms with van der Waals surface area (Å²) < 4.78 is 10.6. The van der Waals surface area contributed by atoms with Gasteiger partial charge in [0.15, 0.2) is 6.61 Å². The van der Waals surface area contributed by atoms with Crippen molar-refractivity contribution < 1.29 is 14.3 Å². The molecule has 5 nitrogen and oxygen atoms in total. The highest BCUT2D eigenvalue weighted by Gasteiger charge is 2.04. The number of hydrogen-bond acceptors (Lipinski definition) is 4. The summed E-state index contributed by atoms with van der Waals surface area (Å²) in [6.07, 6.45) is 0.971. The first-order valence-electron chi connectivity index (χ1n) is 7.81. The summed E-state index contributed by atoms with van der Waals surface area (Å²) in [7, 11) is 1.61. The second-order valence-electron chi connectivity index (χ2n) is 5.25. The van der Waals surface area contributed by atoms with Gasteiger partial charge in [-0.3, -0.25) is 4.79 Å². The van der Waals surface area contributed by atoms with Crippen LogP contribution < -0.4 is 14.9 Å². The maximum atomic E-state index is 11.8. The summed E-state index contributed by atoms with van der Waals surface area (Å²) >= 11 is 0. The molecule has 0 unspecified atom stereocenters. The number of benzene rings is 2. The molecule has 24 heavy (non-hydrogen) atoms. The van der Waals surface area contributed by atoms with Gasteiger partial charge in [0, 0.05) is 5.56 Å². The molecular weight excluding hydrogens is 304 g/mol. The molecule has 0 bridgehead atoms. The Labute approximate surface area is 142 Å². The third-order valence-corrected chi connectivity index (χ3v) is 3.54. The number of aryl methyl sites for hydroxylation is 1. The third-order valence-electron chi connectivity index (χ3n) is 3.54. The molecule has 0 aliphatic heterocycles. The number of methoxy groups -OCH3 is 1. The van der Waals surface area contributed by atoms with E-state index >= 15 is 0 Å². The minimum absolute atomic E-state index is 0.0830. The van der Waals surface area contributed by atoms with Crippen molar-refractivity contribution in [1.29, 1.82) is 0 Å². The van der Waals surface area contributed by atoms with E-state index in [4.69, 9.17) is 9.47 Å². The van der Waals surface area contributed by atoms with Gasteiger partial charge in [-0.25, -0.2) is 5.43 Å². The van der Waals surface area contributed by atoms with Gasteiger partial charge in [0.1, 0.15) is 11.5 Å². The standard InChI is InChI=1S/C19H22N2O3/c1-4-15-8-10-17(11-9-15)24-13-19(22)21-20-14(2)16-6-5-7-18(12-16)23-3/h5-12H,4,13H2,1-3H3,(H,21,22)/b20-14+. The predicted molar refractivity (Wildman–Crippen MR) is 94.7 cm³/mol. The minimum atomic E-state index is -0.309. The van der Waals surface area contributed by atoms with Crippen LogP contribution in [0.2, 0.25) is 0 Å². The quantitative estimate of drug-likeness (QED) is 0.628. The molecule has 2 aromatic carbocycles. The fourth-order valence-corrected chi connectivity index (χ4v) is 2.06. The molecule has 0 aliphatic rings. The maximum absolute atomic E-state index is 11.8. The van der Waals surface area contributed by atoms with Gasteiger partial charge in [-0.2, -0.15) is 5.10 Å². The van der Waals surface area contributed by atoms with Crippen LogP contribution in [-0.2, 0) is 11.2 Å². The molecule has 1 amide bonds. The first-order valence-corrected chi connectivity index (χ1v) is 7.81. The van der Waals surface area contributed by atoms with Crippen LogP contribution in [0.15, 0.2) is 53.6 Å². The first kappa shape index (κ1) is 17.5. The van der Waals surface area contributed by atoms with Crippen LogP contribution in [0.1, 0.15) is 25.0 Å². The second kappa shape index (κ2) is 8.72. The Hall–Kier alpha value is -2.82. The smallest absolute Gasteiger partial charge is 0.277 e. The molecule has 0 fully saturated rings. The molecule has 0 radical (unpaired) electrons. The van der Waals surface area contributed by atoms with E-state index in [1.807, 2.05) is 55.5 Å². The SMILES string of the molecule is CCc1ccc(OCC(=O)N/N=C(\C)c2cccc(OC)c2)cc1. The summed E-state index contributed by atoms with van der Waals surface area (Å²) in [6.45, 7) is 3.83. The summed E-state index contributed by atoms with van der Waals surface area (Å²) in [5.74, 6) is 1.10. The molecule has 0 heterocycles. The maximum Gasteiger partial charge on any atom is 0.277 e. The number of amides is 1. The average molecular weight is 326 g/mol. The van der Waals surface area contributed by atoms with Crippen LogP contribution in [-0.4, -0.2) is 25.3 Å². The minimum Gasteiger partial charge on any atom is -0.497 e. The molecule has 126 valence electrons. The first-order chi connectivity index (χ1) is 11.6. The normalized spacial score (nSPS) is 11.0. The molecule has 1 N–H and O–H groups in total. The Morgan fingerprint density at radius 1 is 1.12 bits per heavy atom. The molecule has 0 spiro atoms. The largest absolute Gasteiger partial charge is 0.497 e. The van der Waals surface area contributed by atoms with Gasteiger partial charge >= 0.3 is 0 Å². The van der Waals surface area contributed by atoms with Crippen molar-refractivity contribution in [2.24, 2.45) is 5.10 Å². The highest BCUT2D eigenvalue weighted by atomic mass is 16.5. The molecule has 5 heteroatoms. The number of nitrogens with zero attached hydrogens (tertiary/aromatic N) is 1. The Kier molecular flexibility index (Phi) is 6.37. The fourth-order valence-electron chi connectivity index (χ4n) is 2.06. The Balaban J connectivity index is 1.86. The number of carbonyl (C=O) groups excluding carboxylic acids is 1. The fraction of sp³-hybridized carbons (Fsp3) is 0.263. The summed E-state index contributed by atoms with van der Waals surface area (Å²) in [5.41, 5.74) is 5.29. The van der Waals surface area contributed by atoms with Gasteiger partial charge in [0.25, 0.3) is 5.91 Å². The summed E-state index contributed by atoms with van der Waals surface area (Å²) in [4.78, 5) is 11.8. The van der Waals surface area contributed by atoms with Crippen LogP contribution in [0.3, 0.4) is 0 Å². The lowest BCUT2D eigenvalue weighted by molar-refractivity contribution is -0.123. The van der Waals surface area contributed by atoms with Gasteiger partial charge in [0.2, 0.25) is 0 Å². The highest BCUT2D eigenvalue weighted by molar-refractivity contribution is 5.99. The van der Waals surface area contributed by atoms with Crippen LogP contribution in [0, 0.1) is 0 Å². The molecular formula is C19H22N2O3. The van der Waals surface area contributed by atoms with Crippen molar-refractivity contribution in [3.63, 3.8) is 0 Å². The summed E-state index contributed by atoms with van der Waals surface area (Å²) in [5, 5.41) is 4.09. The van der Waals surface area contributed by atoms with E-state index in [9.17, 15) is 4.79 Å². The van der Waals surface area contributed by atoms with Crippen molar-refractivity contribution in [1.82, 2.24) is 5.43 Å². The van der Waals surface area contributed by atoms with E-state index in [0.29, 0.717) is 11.5 Å². The molecule has 0 aromatic heterocycles. The number of hydrogen-bond donors (Lipinski definition) is 1. The second-order valence-corrected chi connectivity index (χ2v) is 5.25. The number of hydrazone groups is 1. The van der Waals surface area contributed by atoms with Crippen LogP contribution >= 0.6 is 0 Å². The topological polar surface area (TPSA) is 59.9 Å². The third kappa shape index (κ3) is 5.12. The van der Waals surface area contributed by atoms with Gasteiger partial charge in [-0.05, 0) is 43.2 Å². The van der Waals surface area contributed by atoms with Crippen molar-refractivity contribution in [2.45, 2.75) is 20.3 Å². The molecule has 0 atom stereocenters. The number of ether oxygens (including phenoxy) is 2. The Morgan fingerprint density at radius 2 is 1.88 bits per heavy atom. The Morgan fingerprint density at radius 3 is 2.54 bits per heavy atom. The van der Waals surface area contributed by atoms with E-state index in [1.54, 1.807) is 7.11 Å². The van der Waals surface area contributed by atoms with Gasteiger partial charge in [0.05, 0.1) is 12.8 Å². The van der Waals surface area contributed by atoms with Crippen molar-refractivity contribution >= 4 is 11.6 Å². The van der Waals surface area contributed by atoms with E-state index < -0.39 is 0 Å². The van der Waals surface area contributed by atoms with E-state index in [2.05, 4.69) is 17.5 Å². The molecule has 0 saturated heterocycles. The highest BCUT2D eigenvalue weighted by Crippen LogP contribution is 2.13. The van der Waals surface area contributed by atoms with Crippen LogP contribution in [0.5, 0.6) is 11.5 Å². The van der Waals surface area contributed by atoms with Gasteiger partial charge < -0.3 is 9.47 Å². The monoisotopic (exact) mass is 326 g/mol. The number of carbonyl (C=O) groups is 1. The zero-order chi connectivity index (χ0) is 17.4. The lowest BCUT2D eigenvalue weighted by Gasteiger charge is -2.07. The van der Waals surface area contributed by atoms with Crippen LogP contribution in [0.4, 0.5) is 0 Å². The molecule has 2 aromatic rings. The zero-order valence-electron chi connectivity index (χ0n) is 14.2. The number of nitrogens with one attached hydrogen (secondary N) is 1. The van der Waals surface area contributed by atoms with Crippen molar-refractivity contribution in [3.05, 3.63) is 59.7 Å². The lowest BCUT2D eigenvalue weighted by Crippen LogP contribution is -2.25. The number of rotatable bonds is 7. The molecule has 0 aliphatic carbocycles. The lowest BCUT2D eigenvalue weighted by atomic mass is 10.1. The zero-order valence-corrected chi connectivity index (χ0v) is 14.2. The average Bonchev–Trinajstić information content (AvgIpc) is 2.64. The molecule has 2 rings (SSSR count).